The number of nitrogens with zero attached hydrogens (tertiary/aromatic N) is 4. The van der Waals surface area contributed by atoms with Crippen molar-refractivity contribution in [3.8, 4) is 0 Å². The third kappa shape index (κ3) is 6.35. The molecule has 1 saturated heterocycles. The first-order valence-corrected chi connectivity index (χ1v) is 11.4. The first kappa shape index (κ1) is 23.7. The molecule has 180 valence electrons. The lowest BCUT2D eigenvalue weighted by molar-refractivity contribution is -0.384. The SMILES string of the molecule is O=C(O)c1cccc(NC(=NCCc2ccccc2)N2CCN(c3ccc([N+](=O)[O-])cc3)CC2)c1. The molecule has 0 spiro atoms. The first-order chi connectivity index (χ1) is 17.0. The van der Waals surface area contributed by atoms with Crippen LogP contribution in [0.3, 0.4) is 0 Å². The molecule has 0 radical (unpaired) electrons. The summed E-state index contributed by atoms with van der Waals surface area (Å²) in [6, 6.07) is 23.4. The molecule has 4 rings (SSSR count). The number of carboxylic acids is 1. The van der Waals surface area contributed by atoms with Crippen LogP contribution in [0.1, 0.15) is 15.9 Å². The van der Waals surface area contributed by atoms with Crippen molar-refractivity contribution in [2.75, 3.05) is 42.9 Å². The average Bonchev–Trinajstić information content (AvgIpc) is 2.89. The van der Waals surface area contributed by atoms with Gasteiger partial charge < -0.3 is 20.2 Å². The summed E-state index contributed by atoms with van der Waals surface area (Å²) in [7, 11) is 0. The van der Waals surface area contributed by atoms with Crippen LogP contribution < -0.4 is 10.2 Å². The number of aliphatic imine (C=N–C) groups is 1. The van der Waals surface area contributed by atoms with Crippen LogP contribution in [-0.2, 0) is 6.42 Å². The topological polar surface area (TPSA) is 111 Å². The number of aromatic carboxylic acids is 1. The molecule has 3 aromatic carbocycles. The van der Waals surface area contributed by atoms with Crippen LogP contribution in [0.4, 0.5) is 17.1 Å². The van der Waals surface area contributed by atoms with Crippen LogP contribution in [-0.4, -0.2) is 59.6 Å². The van der Waals surface area contributed by atoms with Crippen molar-refractivity contribution < 1.29 is 14.8 Å². The van der Waals surface area contributed by atoms with Crippen molar-refractivity contribution in [3.63, 3.8) is 0 Å². The molecule has 9 heteroatoms. The maximum absolute atomic E-state index is 11.4. The van der Waals surface area contributed by atoms with Gasteiger partial charge in [-0.15, -0.1) is 0 Å². The lowest BCUT2D eigenvalue weighted by Crippen LogP contribution is -2.50. The molecule has 1 heterocycles. The van der Waals surface area contributed by atoms with Crippen molar-refractivity contribution in [2.45, 2.75) is 6.42 Å². The average molecular weight is 474 g/mol. The molecule has 0 amide bonds. The molecule has 0 bridgehead atoms. The van der Waals surface area contributed by atoms with Gasteiger partial charge in [-0.1, -0.05) is 36.4 Å². The summed E-state index contributed by atoms with van der Waals surface area (Å²) in [6.07, 6.45) is 0.796. The van der Waals surface area contributed by atoms with E-state index in [4.69, 9.17) is 4.99 Å². The largest absolute Gasteiger partial charge is 0.478 e. The van der Waals surface area contributed by atoms with Crippen LogP contribution in [0, 0.1) is 10.1 Å². The van der Waals surface area contributed by atoms with E-state index < -0.39 is 10.9 Å². The van der Waals surface area contributed by atoms with Gasteiger partial charge in [0, 0.05) is 56.2 Å². The molecule has 1 aliphatic heterocycles. The van der Waals surface area contributed by atoms with Gasteiger partial charge in [-0.2, -0.15) is 0 Å². The minimum Gasteiger partial charge on any atom is -0.478 e. The number of carbonyl (C=O) groups is 1. The van der Waals surface area contributed by atoms with E-state index in [0.717, 1.165) is 25.2 Å². The van der Waals surface area contributed by atoms with Gasteiger partial charge in [0.15, 0.2) is 5.96 Å². The molecule has 1 fully saturated rings. The predicted octanol–water partition coefficient (Wildman–Crippen LogP) is 4.13. The van der Waals surface area contributed by atoms with Crippen molar-refractivity contribution in [3.05, 3.63) is 100 Å². The van der Waals surface area contributed by atoms with E-state index in [1.165, 1.54) is 17.7 Å². The molecule has 9 nitrogen and oxygen atoms in total. The van der Waals surface area contributed by atoms with Crippen LogP contribution in [0.15, 0.2) is 83.9 Å². The Morgan fingerprint density at radius 1 is 0.971 bits per heavy atom. The van der Waals surface area contributed by atoms with E-state index in [1.807, 2.05) is 24.3 Å². The van der Waals surface area contributed by atoms with Crippen molar-refractivity contribution in [2.24, 2.45) is 4.99 Å². The zero-order valence-electron chi connectivity index (χ0n) is 19.2. The second kappa shape index (κ2) is 11.1. The van der Waals surface area contributed by atoms with Crippen LogP contribution in [0.5, 0.6) is 0 Å². The van der Waals surface area contributed by atoms with Gasteiger partial charge in [-0.05, 0) is 42.3 Å². The number of anilines is 2. The summed E-state index contributed by atoms with van der Waals surface area (Å²) in [5, 5.41) is 23.6. The van der Waals surface area contributed by atoms with E-state index in [9.17, 15) is 20.0 Å². The Morgan fingerprint density at radius 3 is 2.34 bits per heavy atom. The Hall–Kier alpha value is -4.40. The standard InChI is InChI=1S/C26H27N5O4/c32-25(33)21-7-4-8-22(19-21)28-26(27-14-13-20-5-2-1-3-6-20)30-17-15-29(16-18-30)23-9-11-24(12-10-23)31(34)35/h1-12,19H,13-18H2,(H,27,28)(H,32,33). The van der Waals surface area contributed by atoms with Gasteiger partial charge >= 0.3 is 5.97 Å². The minimum atomic E-state index is -0.979. The van der Waals surface area contributed by atoms with E-state index in [0.29, 0.717) is 31.3 Å². The van der Waals surface area contributed by atoms with Gasteiger partial charge in [-0.3, -0.25) is 15.1 Å². The third-order valence-electron chi connectivity index (χ3n) is 5.88. The van der Waals surface area contributed by atoms with Gasteiger partial charge in [0.1, 0.15) is 0 Å². The highest BCUT2D eigenvalue weighted by Gasteiger charge is 2.21. The smallest absolute Gasteiger partial charge is 0.335 e. The molecule has 2 N–H and O–H groups in total. The quantitative estimate of drug-likeness (QED) is 0.230. The number of rotatable bonds is 7. The second-order valence-electron chi connectivity index (χ2n) is 8.20. The number of piperazine rings is 1. The van der Waals surface area contributed by atoms with Crippen molar-refractivity contribution in [1.29, 1.82) is 0 Å². The monoisotopic (exact) mass is 473 g/mol. The lowest BCUT2D eigenvalue weighted by Gasteiger charge is -2.37. The van der Waals surface area contributed by atoms with Gasteiger partial charge in [0.05, 0.1) is 10.5 Å². The van der Waals surface area contributed by atoms with Gasteiger partial charge in [-0.25, -0.2) is 4.79 Å². The third-order valence-corrected chi connectivity index (χ3v) is 5.88. The molecule has 1 aliphatic rings. The summed E-state index contributed by atoms with van der Waals surface area (Å²) >= 11 is 0. The molecule has 0 aliphatic carbocycles. The number of guanidine groups is 1. The maximum Gasteiger partial charge on any atom is 0.335 e. The molecule has 0 atom stereocenters. The number of hydrogen-bond acceptors (Lipinski definition) is 5. The molecule has 0 aromatic heterocycles. The summed E-state index contributed by atoms with van der Waals surface area (Å²) in [4.78, 5) is 31.1. The number of non-ortho nitro benzene ring substituents is 1. The number of nitrogens with one attached hydrogen (secondary N) is 1. The fourth-order valence-corrected chi connectivity index (χ4v) is 3.97. The summed E-state index contributed by atoms with van der Waals surface area (Å²) in [5.41, 5.74) is 3.10. The van der Waals surface area contributed by atoms with E-state index in [-0.39, 0.29) is 11.3 Å². The van der Waals surface area contributed by atoms with E-state index >= 15 is 0 Å². The van der Waals surface area contributed by atoms with Gasteiger partial charge in [0.2, 0.25) is 0 Å². The summed E-state index contributed by atoms with van der Waals surface area (Å²) in [6.45, 7) is 3.45. The summed E-state index contributed by atoms with van der Waals surface area (Å²) in [5.74, 6) is -0.278. The molecular formula is C26H27N5O4. The number of hydrogen-bond donors (Lipinski definition) is 2. The Kier molecular flexibility index (Phi) is 7.57. The van der Waals surface area contributed by atoms with Crippen LogP contribution >= 0.6 is 0 Å². The second-order valence-corrected chi connectivity index (χ2v) is 8.20. The highest BCUT2D eigenvalue weighted by molar-refractivity contribution is 5.96. The maximum atomic E-state index is 11.4. The zero-order valence-corrected chi connectivity index (χ0v) is 19.2. The highest BCUT2D eigenvalue weighted by atomic mass is 16.6. The first-order valence-electron chi connectivity index (χ1n) is 11.4. The Labute approximate surface area is 203 Å². The minimum absolute atomic E-state index is 0.0769. The molecule has 0 saturated carbocycles. The van der Waals surface area contributed by atoms with E-state index in [1.54, 1.807) is 30.3 Å². The Balaban J connectivity index is 1.46. The van der Waals surface area contributed by atoms with E-state index in [2.05, 4.69) is 27.2 Å². The summed E-state index contributed by atoms with van der Waals surface area (Å²) < 4.78 is 0. The van der Waals surface area contributed by atoms with Crippen LogP contribution in [0.2, 0.25) is 0 Å². The molecule has 3 aromatic rings. The number of nitro benzene ring substituents is 1. The lowest BCUT2D eigenvalue weighted by atomic mass is 10.1. The van der Waals surface area contributed by atoms with Crippen molar-refractivity contribution >= 4 is 29.0 Å². The Bertz CT molecular complexity index is 1190. The molecule has 35 heavy (non-hydrogen) atoms. The van der Waals surface area contributed by atoms with Gasteiger partial charge in [0.25, 0.3) is 5.69 Å². The fraction of sp³-hybridized carbons (Fsp3) is 0.231. The normalized spacial score (nSPS) is 14.0. The number of benzene rings is 3. The number of nitro groups is 1. The van der Waals surface area contributed by atoms with Crippen molar-refractivity contribution in [1.82, 2.24) is 4.90 Å². The number of carboxylic acid groups (broad SMARTS) is 1. The van der Waals surface area contributed by atoms with Crippen LogP contribution in [0.25, 0.3) is 0 Å². The molecular weight excluding hydrogens is 446 g/mol. The Morgan fingerprint density at radius 2 is 1.69 bits per heavy atom. The molecule has 0 unspecified atom stereocenters. The predicted molar refractivity (Wildman–Crippen MR) is 136 cm³/mol. The highest BCUT2D eigenvalue weighted by Crippen LogP contribution is 2.21. The fourth-order valence-electron chi connectivity index (χ4n) is 3.97. The zero-order chi connectivity index (χ0) is 24.6.